The Bertz CT molecular complexity index is 491. The van der Waals surface area contributed by atoms with Crippen LogP contribution in [0, 0.1) is 9.49 Å². The molecule has 0 spiro atoms. The first-order chi connectivity index (χ1) is 8.81. The van der Waals surface area contributed by atoms with Gasteiger partial charge >= 0.3 is 5.97 Å². The Balaban J connectivity index is 2.87. The van der Waals surface area contributed by atoms with Crippen LogP contribution in [0.5, 0.6) is 0 Å². The molecule has 0 bridgehead atoms. The fourth-order valence-corrected chi connectivity index (χ4v) is 2.54. The molecule has 104 valence electrons. The molecule has 0 heterocycles. The lowest BCUT2D eigenvalue weighted by atomic mass is 10.0. The summed E-state index contributed by atoms with van der Waals surface area (Å²) in [6.45, 7) is 3.84. The summed E-state index contributed by atoms with van der Waals surface area (Å²) < 4.78 is 1.57. The molecule has 1 aromatic rings. The molecule has 0 aromatic heterocycles. The van der Waals surface area contributed by atoms with Crippen LogP contribution >= 0.6 is 38.5 Å². The number of amides is 1. The van der Waals surface area contributed by atoms with Gasteiger partial charge in [0.15, 0.2) is 0 Å². The number of halogens is 2. The Morgan fingerprint density at radius 3 is 2.58 bits per heavy atom. The van der Waals surface area contributed by atoms with E-state index in [0.717, 1.165) is 8.04 Å². The number of benzene rings is 1. The van der Waals surface area contributed by atoms with Crippen molar-refractivity contribution in [2.75, 3.05) is 0 Å². The van der Waals surface area contributed by atoms with Gasteiger partial charge in [-0.15, -0.1) is 0 Å². The van der Waals surface area contributed by atoms with Crippen molar-refractivity contribution in [3.63, 3.8) is 0 Å². The lowest BCUT2D eigenvalue weighted by Gasteiger charge is -2.17. The molecular weight excluding hydrogens is 425 g/mol. The highest BCUT2D eigenvalue weighted by molar-refractivity contribution is 14.1. The maximum Gasteiger partial charge on any atom is 0.326 e. The summed E-state index contributed by atoms with van der Waals surface area (Å²) in [4.78, 5) is 23.2. The van der Waals surface area contributed by atoms with Gasteiger partial charge in [0.1, 0.15) is 6.04 Å². The Hall–Kier alpha value is -0.630. The topological polar surface area (TPSA) is 66.4 Å². The summed E-state index contributed by atoms with van der Waals surface area (Å²) in [5.74, 6) is -1.17. The summed E-state index contributed by atoms with van der Waals surface area (Å²) in [5.41, 5.74) is 0.477. The van der Waals surface area contributed by atoms with Crippen molar-refractivity contribution in [3.05, 3.63) is 31.8 Å². The van der Waals surface area contributed by atoms with Gasteiger partial charge < -0.3 is 10.4 Å². The number of aliphatic carboxylic acids is 1. The lowest BCUT2D eigenvalue weighted by Crippen LogP contribution is -2.41. The number of hydrogen-bond donors (Lipinski definition) is 2. The zero-order chi connectivity index (χ0) is 14.6. The maximum absolute atomic E-state index is 12.1. The van der Waals surface area contributed by atoms with E-state index in [0.29, 0.717) is 12.0 Å². The van der Waals surface area contributed by atoms with E-state index in [1.165, 1.54) is 0 Å². The first kappa shape index (κ1) is 16.4. The first-order valence-electron chi connectivity index (χ1n) is 5.80. The summed E-state index contributed by atoms with van der Waals surface area (Å²) >= 11 is 5.35. The van der Waals surface area contributed by atoms with Crippen molar-refractivity contribution in [1.29, 1.82) is 0 Å². The lowest BCUT2D eigenvalue weighted by molar-refractivity contribution is -0.139. The fraction of sp³-hybridized carbons (Fsp3) is 0.385. The van der Waals surface area contributed by atoms with E-state index in [2.05, 4.69) is 43.8 Å². The highest BCUT2D eigenvalue weighted by Crippen LogP contribution is 2.18. The smallest absolute Gasteiger partial charge is 0.326 e. The molecule has 0 fully saturated rings. The van der Waals surface area contributed by atoms with Crippen molar-refractivity contribution in [3.8, 4) is 0 Å². The molecule has 4 nitrogen and oxygen atoms in total. The highest BCUT2D eigenvalue weighted by atomic mass is 127. The Kier molecular flexibility index (Phi) is 6.25. The van der Waals surface area contributed by atoms with Crippen LogP contribution in [0.4, 0.5) is 0 Å². The van der Waals surface area contributed by atoms with E-state index in [1.54, 1.807) is 12.1 Å². The van der Waals surface area contributed by atoms with E-state index in [4.69, 9.17) is 5.11 Å². The first-order valence-corrected chi connectivity index (χ1v) is 7.67. The molecule has 0 unspecified atom stereocenters. The van der Waals surface area contributed by atoms with Crippen LogP contribution in [-0.2, 0) is 4.79 Å². The van der Waals surface area contributed by atoms with Crippen LogP contribution in [0.2, 0.25) is 0 Å². The standard InChI is InChI=1S/C13H15BrINO3/c1-7(2)5-11(13(18)19)16-12(17)9-6-8(14)3-4-10(9)15/h3-4,6-7,11H,5H2,1-2H3,(H,16,17)(H,18,19)/t11-/m1/s1. The molecule has 1 atom stereocenters. The number of nitrogens with one attached hydrogen (secondary N) is 1. The Morgan fingerprint density at radius 2 is 2.05 bits per heavy atom. The third kappa shape index (κ3) is 5.10. The van der Waals surface area contributed by atoms with Crippen LogP contribution in [0.3, 0.4) is 0 Å². The van der Waals surface area contributed by atoms with Crippen LogP contribution in [-0.4, -0.2) is 23.0 Å². The SMILES string of the molecule is CC(C)C[C@@H](NC(=O)c1cc(Br)ccc1I)C(=O)O. The van der Waals surface area contributed by atoms with Gasteiger partial charge in [-0.05, 0) is 53.1 Å². The molecular formula is C13H15BrINO3. The minimum Gasteiger partial charge on any atom is -0.480 e. The third-order valence-electron chi connectivity index (χ3n) is 2.48. The second kappa shape index (κ2) is 7.23. The molecule has 0 saturated carbocycles. The molecule has 1 amide bonds. The highest BCUT2D eigenvalue weighted by Gasteiger charge is 2.22. The molecule has 0 aliphatic carbocycles. The number of carbonyl (C=O) groups excluding carboxylic acids is 1. The average molecular weight is 440 g/mol. The Morgan fingerprint density at radius 1 is 1.42 bits per heavy atom. The van der Waals surface area contributed by atoms with Gasteiger partial charge in [-0.3, -0.25) is 4.79 Å². The zero-order valence-corrected chi connectivity index (χ0v) is 14.4. The number of carboxylic acids is 1. The van der Waals surface area contributed by atoms with Gasteiger partial charge in [0.2, 0.25) is 0 Å². The Labute approximate surface area is 134 Å². The normalized spacial score (nSPS) is 12.3. The fourth-order valence-electron chi connectivity index (χ4n) is 1.60. The monoisotopic (exact) mass is 439 g/mol. The van der Waals surface area contributed by atoms with Gasteiger partial charge in [0.05, 0.1) is 5.56 Å². The third-order valence-corrected chi connectivity index (χ3v) is 3.92. The molecule has 0 aliphatic rings. The van der Waals surface area contributed by atoms with E-state index in [9.17, 15) is 9.59 Å². The largest absolute Gasteiger partial charge is 0.480 e. The quantitative estimate of drug-likeness (QED) is 0.692. The number of carbonyl (C=O) groups is 2. The van der Waals surface area contributed by atoms with Gasteiger partial charge in [0, 0.05) is 8.04 Å². The molecule has 0 saturated heterocycles. The number of rotatable bonds is 5. The zero-order valence-electron chi connectivity index (χ0n) is 10.6. The predicted molar refractivity (Wildman–Crippen MR) is 85.2 cm³/mol. The van der Waals surface area contributed by atoms with E-state index < -0.39 is 12.0 Å². The molecule has 1 aromatic carbocycles. The van der Waals surface area contributed by atoms with E-state index >= 15 is 0 Å². The van der Waals surface area contributed by atoms with Crippen molar-refractivity contribution < 1.29 is 14.7 Å². The van der Waals surface area contributed by atoms with E-state index in [-0.39, 0.29) is 11.8 Å². The molecule has 2 N–H and O–H groups in total. The van der Waals surface area contributed by atoms with Crippen molar-refractivity contribution >= 4 is 50.4 Å². The second-order valence-electron chi connectivity index (χ2n) is 4.62. The van der Waals surface area contributed by atoms with Crippen molar-refractivity contribution in [2.45, 2.75) is 26.3 Å². The summed E-state index contributed by atoms with van der Waals surface area (Å²) in [5, 5.41) is 11.7. The second-order valence-corrected chi connectivity index (χ2v) is 6.70. The molecule has 0 radical (unpaired) electrons. The van der Waals surface area contributed by atoms with E-state index in [1.807, 2.05) is 19.9 Å². The number of carboxylic acid groups (broad SMARTS) is 1. The molecule has 1 rings (SSSR count). The maximum atomic E-state index is 12.1. The van der Waals surface area contributed by atoms with Crippen LogP contribution in [0.15, 0.2) is 22.7 Å². The minimum atomic E-state index is -1.01. The van der Waals surface area contributed by atoms with Gasteiger partial charge in [-0.25, -0.2) is 4.79 Å². The molecule has 6 heteroatoms. The minimum absolute atomic E-state index is 0.197. The predicted octanol–water partition coefficient (Wildman–Crippen LogP) is 3.28. The summed E-state index contributed by atoms with van der Waals surface area (Å²) in [6, 6.07) is 4.46. The van der Waals surface area contributed by atoms with Crippen molar-refractivity contribution in [1.82, 2.24) is 5.32 Å². The summed E-state index contributed by atoms with van der Waals surface area (Å²) in [6.07, 6.45) is 0.408. The molecule has 19 heavy (non-hydrogen) atoms. The number of hydrogen-bond acceptors (Lipinski definition) is 2. The van der Waals surface area contributed by atoms with Crippen LogP contribution < -0.4 is 5.32 Å². The van der Waals surface area contributed by atoms with Gasteiger partial charge in [0.25, 0.3) is 5.91 Å². The van der Waals surface area contributed by atoms with Crippen molar-refractivity contribution in [2.24, 2.45) is 5.92 Å². The van der Waals surface area contributed by atoms with Gasteiger partial charge in [-0.2, -0.15) is 0 Å². The summed E-state index contributed by atoms with van der Waals surface area (Å²) in [7, 11) is 0. The van der Waals surface area contributed by atoms with Crippen LogP contribution in [0.25, 0.3) is 0 Å². The van der Waals surface area contributed by atoms with Crippen LogP contribution in [0.1, 0.15) is 30.6 Å². The molecule has 0 aliphatic heterocycles. The average Bonchev–Trinajstić information content (AvgIpc) is 2.30. The van der Waals surface area contributed by atoms with Gasteiger partial charge in [-0.1, -0.05) is 29.8 Å².